The third-order valence-corrected chi connectivity index (χ3v) is 3.43. The fourth-order valence-electron chi connectivity index (χ4n) is 2.20. The number of halogens is 2. The Hall–Kier alpha value is -2.95. The molecule has 0 fully saturated rings. The van der Waals surface area contributed by atoms with Gasteiger partial charge in [0.15, 0.2) is 11.6 Å². The Kier molecular flexibility index (Phi) is 3.93. The van der Waals surface area contributed by atoms with Crippen LogP contribution in [0.4, 0.5) is 8.78 Å². The molecule has 0 radical (unpaired) electrons. The second-order valence-corrected chi connectivity index (χ2v) is 4.94. The molecule has 0 spiro atoms. The molecule has 23 heavy (non-hydrogen) atoms. The van der Waals surface area contributed by atoms with Gasteiger partial charge in [-0.15, -0.1) is 0 Å². The summed E-state index contributed by atoms with van der Waals surface area (Å²) in [6, 6.07) is 11.7. The summed E-state index contributed by atoms with van der Waals surface area (Å²) in [7, 11) is 1.60. The van der Waals surface area contributed by atoms with Gasteiger partial charge in [-0.1, -0.05) is 24.3 Å². The first kappa shape index (κ1) is 15.0. The van der Waals surface area contributed by atoms with Crippen molar-refractivity contribution >= 4 is 23.1 Å². The molecule has 3 nitrogen and oxygen atoms in total. The highest BCUT2D eigenvalue weighted by molar-refractivity contribution is 5.86. The van der Waals surface area contributed by atoms with E-state index in [-0.39, 0.29) is 5.52 Å². The van der Waals surface area contributed by atoms with Crippen LogP contribution in [0.2, 0.25) is 0 Å². The molecule has 0 aliphatic rings. The zero-order valence-corrected chi connectivity index (χ0v) is 12.3. The lowest BCUT2D eigenvalue weighted by Crippen LogP contribution is -1.90. The van der Waals surface area contributed by atoms with Crippen molar-refractivity contribution in [3.05, 3.63) is 65.4 Å². The summed E-state index contributed by atoms with van der Waals surface area (Å²) < 4.78 is 31.8. The zero-order valence-electron chi connectivity index (χ0n) is 12.3. The number of ether oxygens (including phenoxy) is 1. The van der Waals surface area contributed by atoms with Gasteiger partial charge in [-0.25, -0.2) is 9.37 Å². The predicted octanol–water partition coefficient (Wildman–Crippen LogP) is 4.40. The van der Waals surface area contributed by atoms with Gasteiger partial charge in [0.1, 0.15) is 11.3 Å². The van der Waals surface area contributed by atoms with Gasteiger partial charge >= 0.3 is 0 Å². The number of benzene rings is 2. The highest BCUT2D eigenvalue weighted by Crippen LogP contribution is 2.28. The summed E-state index contributed by atoms with van der Waals surface area (Å²) in [4.78, 5) is 4.16. The highest BCUT2D eigenvalue weighted by atomic mass is 19.2. The third kappa shape index (κ3) is 2.99. The first-order valence-corrected chi connectivity index (χ1v) is 6.88. The number of pyridine rings is 1. The van der Waals surface area contributed by atoms with Gasteiger partial charge in [0.2, 0.25) is 5.82 Å². The standard InChI is InChI=1S/C18H13F2NO2/c1-23-14-8-3-11(4-9-14)2-6-13-7-5-12-10-15(19)16(20)18(22)17(12)21-13/h2-10,22H,1H3. The minimum absolute atomic E-state index is 0.0285. The minimum Gasteiger partial charge on any atom is -0.503 e. The van der Waals surface area contributed by atoms with E-state index in [2.05, 4.69) is 4.98 Å². The van der Waals surface area contributed by atoms with Crippen LogP contribution in [0.1, 0.15) is 11.3 Å². The SMILES string of the molecule is COc1ccc(C=Cc2ccc3cc(F)c(F)c(O)c3n2)cc1. The van der Waals surface area contributed by atoms with Crippen molar-refractivity contribution in [2.24, 2.45) is 0 Å². The van der Waals surface area contributed by atoms with E-state index in [4.69, 9.17) is 4.74 Å². The molecule has 0 atom stereocenters. The first-order valence-electron chi connectivity index (χ1n) is 6.88. The average molecular weight is 313 g/mol. The second-order valence-electron chi connectivity index (χ2n) is 4.94. The Morgan fingerprint density at radius 1 is 1.04 bits per heavy atom. The van der Waals surface area contributed by atoms with Crippen LogP contribution >= 0.6 is 0 Å². The van der Waals surface area contributed by atoms with Crippen molar-refractivity contribution in [2.45, 2.75) is 0 Å². The van der Waals surface area contributed by atoms with Crippen molar-refractivity contribution < 1.29 is 18.6 Å². The number of nitrogens with zero attached hydrogens (tertiary/aromatic N) is 1. The summed E-state index contributed by atoms with van der Waals surface area (Å²) in [6.07, 6.45) is 3.55. The number of aromatic hydroxyl groups is 1. The smallest absolute Gasteiger partial charge is 0.202 e. The van der Waals surface area contributed by atoms with Crippen LogP contribution in [0.3, 0.4) is 0 Å². The van der Waals surface area contributed by atoms with Gasteiger partial charge in [0.25, 0.3) is 0 Å². The van der Waals surface area contributed by atoms with Crippen molar-refractivity contribution in [3.63, 3.8) is 0 Å². The van der Waals surface area contributed by atoms with E-state index in [1.807, 2.05) is 30.3 Å². The van der Waals surface area contributed by atoms with Crippen LogP contribution in [0.15, 0.2) is 42.5 Å². The number of hydrogen-bond acceptors (Lipinski definition) is 3. The molecule has 0 unspecified atom stereocenters. The van der Waals surface area contributed by atoms with E-state index in [0.29, 0.717) is 11.1 Å². The molecule has 5 heteroatoms. The van der Waals surface area contributed by atoms with E-state index in [1.165, 1.54) is 0 Å². The molecule has 0 aliphatic heterocycles. The van der Waals surface area contributed by atoms with E-state index in [0.717, 1.165) is 17.4 Å². The Morgan fingerprint density at radius 2 is 1.78 bits per heavy atom. The van der Waals surface area contributed by atoms with Crippen molar-refractivity contribution in [1.82, 2.24) is 4.98 Å². The van der Waals surface area contributed by atoms with Crippen LogP contribution in [0.25, 0.3) is 23.1 Å². The van der Waals surface area contributed by atoms with Crippen LogP contribution in [0.5, 0.6) is 11.5 Å². The Bertz CT molecular complexity index is 890. The lowest BCUT2D eigenvalue weighted by molar-refractivity contribution is 0.412. The van der Waals surface area contributed by atoms with Crippen molar-refractivity contribution in [3.8, 4) is 11.5 Å². The normalized spacial score (nSPS) is 11.3. The summed E-state index contributed by atoms with van der Waals surface area (Å²) >= 11 is 0. The maximum absolute atomic E-state index is 13.4. The molecular formula is C18H13F2NO2. The molecule has 0 saturated carbocycles. The van der Waals surface area contributed by atoms with Crippen LogP contribution in [-0.4, -0.2) is 17.2 Å². The Morgan fingerprint density at radius 3 is 2.48 bits per heavy atom. The lowest BCUT2D eigenvalue weighted by atomic mass is 10.1. The van der Waals surface area contributed by atoms with E-state index in [9.17, 15) is 13.9 Å². The topological polar surface area (TPSA) is 42.4 Å². The molecule has 1 heterocycles. The van der Waals surface area contributed by atoms with Gasteiger partial charge in [-0.05, 0) is 35.9 Å². The maximum atomic E-state index is 13.4. The number of phenols is 1. The lowest BCUT2D eigenvalue weighted by Gasteiger charge is -2.04. The van der Waals surface area contributed by atoms with E-state index >= 15 is 0 Å². The van der Waals surface area contributed by atoms with Crippen molar-refractivity contribution in [1.29, 1.82) is 0 Å². The van der Waals surface area contributed by atoms with Crippen LogP contribution in [0, 0.1) is 11.6 Å². The minimum atomic E-state index is -1.29. The fourth-order valence-corrected chi connectivity index (χ4v) is 2.20. The molecule has 3 rings (SSSR count). The number of rotatable bonds is 3. The van der Waals surface area contributed by atoms with Gasteiger partial charge in [0.05, 0.1) is 12.8 Å². The summed E-state index contributed by atoms with van der Waals surface area (Å²) in [5.74, 6) is -2.41. The molecule has 1 N–H and O–H groups in total. The molecule has 1 aromatic heterocycles. The highest BCUT2D eigenvalue weighted by Gasteiger charge is 2.13. The number of phenolic OH excluding ortho intramolecular Hbond substituents is 1. The molecule has 0 bridgehead atoms. The summed E-state index contributed by atoms with van der Waals surface area (Å²) in [5.41, 5.74) is 1.48. The average Bonchev–Trinajstić information content (AvgIpc) is 2.59. The number of hydrogen-bond donors (Lipinski definition) is 1. The molecule has 0 amide bonds. The second kappa shape index (κ2) is 6.04. The first-order chi connectivity index (χ1) is 11.1. The van der Waals surface area contributed by atoms with Crippen molar-refractivity contribution in [2.75, 3.05) is 7.11 Å². The third-order valence-electron chi connectivity index (χ3n) is 3.43. The summed E-state index contributed by atoms with van der Waals surface area (Å²) in [6.45, 7) is 0. The molecule has 0 aliphatic carbocycles. The molecule has 116 valence electrons. The predicted molar refractivity (Wildman–Crippen MR) is 85.2 cm³/mol. The number of aromatic nitrogens is 1. The number of methoxy groups -OCH3 is 1. The molecule has 2 aromatic carbocycles. The summed E-state index contributed by atoms with van der Waals surface area (Å²) in [5, 5.41) is 10.0. The Balaban J connectivity index is 1.95. The fraction of sp³-hybridized carbons (Fsp3) is 0.0556. The largest absolute Gasteiger partial charge is 0.503 e. The molecular weight excluding hydrogens is 300 g/mol. The van der Waals surface area contributed by atoms with E-state index < -0.39 is 17.4 Å². The van der Waals surface area contributed by atoms with Gasteiger partial charge < -0.3 is 9.84 Å². The van der Waals surface area contributed by atoms with Gasteiger partial charge in [0, 0.05) is 5.39 Å². The Labute approximate surface area is 131 Å². The van der Waals surface area contributed by atoms with Crippen LogP contribution < -0.4 is 4.74 Å². The monoisotopic (exact) mass is 313 g/mol. The van der Waals surface area contributed by atoms with Crippen LogP contribution in [-0.2, 0) is 0 Å². The molecule has 3 aromatic rings. The quantitative estimate of drug-likeness (QED) is 0.779. The van der Waals surface area contributed by atoms with Gasteiger partial charge in [-0.2, -0.15) is 4.39 Å². The number of fused-ring (bicyclic) bond motifs is 1. The maximum Gasteiger partial charge on any atom is 0.202 e. The zero-order chi connectivity index (χ0) is 16.4. The molecule has 0 saturated heterocycles. The van der Waals surface area contributed by atoms with E-state index in [1.54, 1.807) is 25.3 Å². The van der Waals surface area contributed by atoms with Gasteiger partial charge in [-0.3, -0.25) is 0 Å².